The standard InChI is InChI=1S/C76H104N8O11/c1-16-35-55(59(51-41-27-21-28-42-51)77-68(90)74(10,11)82-65(87)57(37-18-3)61(53-45-31-23-32-46-53)79-70(92)76(14,15)84-71(93)95-72(5,6)7)63(85)81-73(8,9)67(89)78-60(52-43-29-22-30-44-52)56(36-17-2)64(86)83-75(12,13)69(91)80-62(54-47-33-24-34-48-54)58(38-19-4)66(88)94-49-50-39-25-20-26-40-50/h20-34,39-48,55-62H,16-19,35-38,49H2,1-15H3,(H,77,90)(H,78,89)(H,79,92)(H,80,91)(H,81,85)(H,82,87)(H,83,86)(H,84,93)/t55-,56-,57-,58-,59+,60+,61+,62+/m1/s1. The Kier molecular flexibility index (Phi) is 28.3. The molecule has 0 aliphatic rings. The van der Waals surface area contributed by atoms with Crippen LogP contribution in [-0.4, -0.2) is 81.2 Å². The monoisotopic (exact) mass is 1300 g/mol. The highest BCUT2D eigenvalue weighted by molar-refractivity contribution is 5.96. The van der Waals surface area contributed by atoms with Gasteiger partial charge in [0, 0.05) is 0 Å². The van der Waals surface area contributed by atoms with E-state index in [2.05, 4.69) is 42.5 Å². The molecule has 0 heterocycles. The van der Waals surface area contributed by atoms with Gasteiger partial charge in [-0.1, -0.05) is 205 Å². The Labute approximate surface area is 563 Å². The van der Waals surface area contributed by atoms with Crippen molar-refractivity contribution in [3.8, 4) is 0 Å². The molecule has 8 N–H and O–H groups in total. The summed E-state index contributed by atoms with van der Waals surface area (Å²) in [5.74, 6) is -8.04. The van der Waals surface area contributed by atoms with Crippen molar-refractivity contribution in [2.75, 3.05) is 0 Å². The first kappa shape index (κ1) is 76.8. The van der Waals surface area contributed by atoms with E-state index in [1.165, 1.54) is 13.8 Å². The van der Waals surface area contributed by atoms with E-state index in [0.717, 1.165) is 5.56 Å². The molecule has 0 unspecified atom stereocenters. The van der Waals surface area contributed by atoms with E-state index in [9.17, 15) is 33.6 Å². The molecule has 0 bridgehead atoms. The van der Waals surface area contributed by atoms with Crippen LogP contribution in [-0.2, 0) is 54.4 Å². The maximum atomic E-state index is 15.1. The molecule has 95 heavy (non-hydrogen) atoms. The molecule has 0 aromatic heterocycles. The zero-order valence-corrected chi connectivity index (χ0v) is 58.4. The fourth-order valence-corrected chi connectivity index (χ4v) is 11.4. The maximum Gasteiger partial charge on any atom is 0.408 e. The number of alkyl carbamates (subject to hydrolysis) is 1. The lowest BCUT2D eigenvalue weighted by Gasteiger charge is -2.37. The molecule has 5 aromatic rings. The van der Waals surface area contributed by atoms with Crippen LogP contribution in [0.25, 0.3) is 0 Å². The van der Waals surface area contributed by atoms with Crippen molar-refractivity contribution in [2.24, 2.45) is 23.7 Å². The Morgan fingerprint density at radius 1 is 0.337 bits per heavy atom. The molecule has 5 rings (SSSR count). The number of benzene rings is 5. The zero-order valence-electron chi connectivity index (χ0n) is 58.4. The van der Waals surface area contributed by atoms with Crippen molar-refractivity contribution in [1.29, 1.82) is 0 Å². The Hall–Kier alpha value is -8.87. The first-order chi connectivity index (χ1) is 44.8. The SMILES string of the molecule is CCC[C@@H](C(=O)NC(C)(C)C(=O)N[C@@H](c1ccccc1)[C@@H](CCC)C(=O)NC(C)(C)C(=O)N[C@@H](c1ccccc1)[C@@H](CCC)C(=O)NC(C)(C)C(=O)N[C@@H](c1ccccc1)[C@@H](CCC)C(=O)OCc1ccccc1)[C@@H](NC(=O)C(C)(C)NC(=O)OC(C)(C)C)c1ccccc1. The molecular formula is C76H104N8O11. The maximum absolute atomic E-state index is 15.1. The van der Waals surface area contributed by atoms with Crippen LogP contribution in [0.15, 0.2) is 152 Å². The lowest BCUT2D eigenvalue weighted by Crippen LogP contribution is -2.61. The summed E-state index contributed by atoms with van der Waals surface area (Å²) in [4.78, 5) is 131. The summed E-state index contributed by atoms with van der Waals surface area (Å²) in [5, 5.41) is 24.0. The molecule has 0 saturated carbocycles. The predicted octanol–water partition coefficient (Wildman–Crippen LogP) is 11.8. The van der Waals surface area contributed by atoms with Gasteiger partial charge < -0.3 is 52.0 Å². The molecular weight excluding hydrogens is 1200 g/mol. The summed E-state index contributed by atoms with van der Waals surface area (Å²) >= 11 is 0. The minimum Gasteiger partial charge on any atom is -0.461 e. The molecule has 0 saturated heterocycles. The summed E-state index contributed by atoms with van der Waals surface area (Å²) in [6.45, 7) is 25.3. The van der Waals surface area contributed by atoms with Crippen LogP contribution in [0.2, 0.25) is 0 Å². The van der Waals surface area contributed by atoms with Gasteiger partial charge in [-0.25, -0.2) is 4.79 Å². The van der Waals surface area contributed by atoms with Crippen molar-refractivity contribution in [3.05, 3.63) is 179 Å². The number of rotatable bonds is 34. The van der Waals surface area contributed by atoms with Crippen LogP contribution in [0, 0.1) is 23.7 Å². The minimum atomic E-state index is -1.63. The van der Waals surface area contributed by atoms with Gasteiger partial charge in [0.25, 0.3) is 0 Å². The average Bonchev–Trinajstić information content (AvgIpc) is 0.844. The van der Waals surface area contributed by atoms with E-state index >= 15 is 9.59 Å². The fraction of sp³-hybridized carbons (Fsp3) is 0.487. The number of carbonyl (C=O) groups is 9. The van der Waals surface area contributed by atoms with Crippen LogP contribution in [0.1, 0.15) is 207 Å². The number of nitrogens with one attached hydrogen (secondary N) is 8. The van der Waals surface area contributed by atoms with Gasteiger partial charge in [0.15, 0.2) is 0 Å². The van der Waals surface area contributed by atoms with E-state index in [1.54, 1.807) is 135 Å². The third-order valence-electron chi connectivity index (χ3n) is 16.7. The number of hydrogen-bond donors (Lipinski definition) is 8. The van der Waals surface area contributed by atoms with Crippen molar-refractivity contribution >= 4 is 53.4 Å². The molecule has 5 aromatic carbocycles. The fourth-order valence-electron chi connectivity index (χ4n) is 11.4. The number of amides is 8. The van der Waals surface area contributed by atoms with Gasteiger partial charge in [0.1, 0.15) is 34.4 Å². The Morgan fingerprint density at radius 2 is 0.579 bits per heavy atom. The van der Waals surface area contributed by atoms with Gasteiger partial charge in [-0.2, -0.15) is 0 Å². The molecule has 0 spiro atoms. The normalized spacial score (nSPS) is 14.5. The van der Waals surface area contributed by atoms with E-state index in [4.69, 9.17) is 9.47 Å². The second-order valence-corrected chi connectivity index (χ2v) is 27.7. The highest BCUT2D eigenvalue weighted by atomic mass is 16.6. The Bertz CT molecular complexity index is 3320. The number of hydrogen-bond acceptors (Lipinski definition) is 11. The van der Waals surface area contributed by atoms with Crippen molar-refractivity contribution in [2.45, 2.75) is 214 Å². The number of esters is 1. The second kappa shape index (κ2) is 35.0. The third-order valence-corrected chi connectivity index (χ3v) is 16.7. The molecule has 0 aliphatic heterocycles. The highest BCUT2D eigenvalue weighted by Gasteiger charge is 2.45. The predicted molar refractivity (Wildman–Crippen MR) is 369 cm³/mol. The zero-order chi connectivity index (χ0) is 70.3. The number of carbonyl (C=O) groups excluding carboxylic acids is 9. The lowest BCUT2D eigenvalue weighted by molar-refractivity contribution is -0.152. The Morgan fingerprint density at radius 3 is 0.842 bits per heavy atom. The van der Waals surface area contributed by atoms with E-state index in [0.29, 0.717) is 60.8 Å². The Balaban J connectivity index is 1.39. The molecule has 8 amide bonds. The summed E-state index contributed by atoms with van der Waals surface area (Å²) in [5.41, 5.74) is -3.79. The van der Waals surface area contributed by atoms with Gasteiger partial charge in [0.05, 0.1) is 47.8 Å². The molecule has 19 nitrogen and oxygen atoms in total. The van der Waals surface area contributed by atoms with Gasteiger partial charge >= 0.3 is 12.1 Å². The van der Waals surface area contributed by atoms with Crippen molar-refractivity contribution in [3.63, 3.8) is 0 Å². The van der Waals surface area contributed by atoms with E-state index in [1.807, 2.05) is 107 Å². The summed E-state index contributed by atoms with van der Waals surface area (Å²) < 4.78 is 11.3. The largest absolute Gasteiger partial charge is 0.461 e. The molecule has 0 aliphatic carbocycles. The smallest absolute Gasteiger partial charge is 0.408 e. The molecule has 8 atom stereocenters. The van der Waals surface area contributed by atoms with Crippen molar-refractivity contribution < 1.29 is 52.6 Å². The second-order valence-electron chi connectivity index (χ2n) is 27.7. The van der Waals surface area contributed by atoms with Gasteiger partial charge in [-0.15, -0.1) is 0 Å². The summed E-state index contributed by atoms with van der Waals surface area (Å²) in [6, 6.07) is 41.8. The lowest BCUT2D eigenvalue weighted by atomic mass is 9.85. The minimum absolute atomic E-state index is 0.0551. The number of ether oxygens (including phenoxy) is 2. The van der Waals surface area contributed by atoms with Crippen LogP contribution in [0.3, 0.4) is 0 Å². The van der Waals surface area contributed by atoms with Crippen LogP contribution >= 0.6 is 0 Å². The first-order valence-corrected chi connectivity index (χ1v) is 33.4. The first-order valence-electron chi connectivity index (χ1n) is 33.4. The van der Waals surface area contributed by atoms with Gasteiger partial charge in [-0.3, -0.25) is 38.4 Å². The van der Waals surface area contributed by atoms with E-state index < -0.39 is 129 Å². The molecule has 19 heteroatoms. The molecule has 514 valence electrons. The topological polar surface area (TPSA) is 268 Å². The van der Waals surface area contributed by atoms with Crippen LogP contribution < -0.4 is 42.5 Å². The van der Waals surface area contributed by atoms with Crippen LogP contribution in [0.5, 0.6) is 0 Å². The van der Waals surface area contributed by atoms with Gasteiger partial charge in [-0.05, 0) is 130 Å². The quantitative estimate of drug-likeness (QED) is 0.0179. The molecule has 0 radical (unpaired) electrons. The highest BCUT2D eigenvalue weighted by Crippen LogP contribution is 2.34. The van der Waals surface area contributed by atoms with E-state index in [-0.39, 0.29) is 19.4 Å². The molecule has 0 fully saturated rings. The van der Waals surface area contributed by atoms with Gasteiger partial charge in [0.2, 0.25) is 41.4 Å². The van der Waals surface area contributed by atoms with Crippen LogP contribution in [0.4, 0.5) is 4.79 Å². The third kappa shape index (κ3) is 22.7. The summed E-state index contributed by atoms with van der Waals surface area (Å²) in [6.07, 6.45) is 2.58. The average molecular weight is 1310 g/mol. The van der Waals surface area contributed by atoms with Crippen molar-refractivity contribution in [1.82, 2.24) is 42.5 Å². The summed E-state index contributed by atoms with van der Waals surface area (Å²) in [7, 11) is 0.